The molecule has 1 aromatic heterocycles. The van der Waals surface area contributed by atoms with E-state index in [2.05, 4.69) is 52.6 Å². The Morgan fingerprint density at radius 1 is 1.23 bits per heavy atom. The number of hydrogen-bond donors (Lipinski definition) is 0. The maximum absolute atomic E-state index is 12.8. The van der Waals surface area contributed by atoms with Gasteiger partial charge in [-0.1, -0.05) is 18.7 Å². The SMILES string of the molecule is C=CC(=O)N1CC2COc3c(OC[C@@H]4CCCN4C)nc4c(c3N2C[C@@H]1CC#N)CCN(c1cccc2c1C1CCC1C2)C4. The largest absolute Gasteiger partial charge is 0.484 e. The molecule has 230 valence electrons. The molecule has 5 atom stereocenters. The molecule has 2 aliphatic carbocycles. The Kier molecular flexibility index (Phi) is 6.93. The van der Waals surface area contributed by atoms with Gasteiger partial charge in [0.05, 0.1) is 42.5 Å². The molecule has 0 bridgehead atoms. The Morgan fingerprint density at radius 2 is 2.14 bits per heavy atom. The summed E-state index contributed by atoms with van der Waals surface area (Å²) in [5.74, 6) is 2.72. The van der Waals surface area contributed by atoms with Crippen LogP contribution in [0.2, 0.25) is 0 Å². The van der Waals surface area contributed by atoms with Gasteiger partial charge in [0.15, 0.2) is 0 Å². The summed E-state index contributed by atoms with van der Waals surface area (Å²) in [7, 11) is 2.17. The Hall–Kier alpha value is -3.77. The number of likely N-dealkylation sites (tertiary alicyclic amines) is 1. The second-order valence-corrected chi connectivity index (χ2v) is 13.6. The van der Waals surface area contributed by atoms with Crippen LogP contribution in [0.3, 0.4) is 0 Å². The average Bonchev–Trinajstić information content (AvgIpc) is 3.56. The zero-order valence-corrected chi connectivity index (χ0v) is 25.7. The number of anilines is 2. The van der Waals surface area contributed by atoms with Crippen LogP contribution in [-0.2, 0) is 24.2 Å². The van der Waals surface area contributed by atoms with Crippen molar-refractivity contribution >= 4 is 17.3 Å². The van der Waals surface area contributed by atoms with Crippen molar-refractivity contribution < 1.29 is 14.3 Å². The number of rotatable bonds is 6. The van der Waals surface area contributed by atoms with Gasteiger partial charge in [-0.2, -0.15) is 5.26 Å². The number of piperazine rings is 1. The highest BCUT2D eigenvalue weighted by Crippen LogP contribution is 2.55. The van der Waals surface area contributed by atoms with Crippen LogP contribution in [0.1, 0.15) is 60.4 Å². The normalized spacial score (nSPS) is 28.5. The number of ether oxygens (including phenoxy) is 2. The number of pyridine rings is 1. The van der Waals surface area contributed by atoms with Gasteiger partial charge in [-0.25, -0.2) is 4.98 Å². The number of carbonyl (C=O) groups is 1. The summed E-state index contributed by atoms with van der Waals surface area (Å²) in [6.45, 7) is 8.56. The Balaban J connectivity index is 1.16. The lowest BCUT2D eigenvalue weighted by Gasteiger charge is -2.50. The van der Waals surface area contributed by atoms with E-state index in [1.165, 1.54) is 48.6 Å². The van der Waals surface area contributed by atoms with E-state index in [0.29, 0.717) is 44.1 Å². The van der Waals surface area contributed by atoms with Crippen molar-refractivity contribution in [2.75, 3.05) is 56.2 Å². The lowest BCUT2D eigenvalue weighted by Crippen LogP contribution is -2.62. The van der Waals surface area contributed by atoms with E-state index in [4.69, 9.17) is 14.5 Å². The lowest BCUT2D eigenvalue weighted by molar-refractivity contribution is -0.129. The van der Waals surface area contributed by atoms with Crippen molar-refractivity contribution in [1.29, 1.82) is 5.26 Å². The summed E-state index contributed by atoms with van der Waals surface area (Å²) >= 11 is 0. The van der Waals surface area contributed by atoms with E-state index in [1.807, 2.05) is 0 Å². The van der Waals surface area contributed by atoms with Crippen LogP contribution in [0.5, 0.6) is 11.6 Å². The molecule has 9 nitrogen and oxygen atoms in total. The van der Waals surface area contributed by atoms with Crippen LogP contribution in [-0.4, -0.2) is 85.3 Å². The minimum absolute atomic E-state index is 0.00682. The third kappa shape index (κ3) is 4.44. The van der Waals surface area contributed by atoms with Crippen molar-refractivity contribution in [1.82, 2.24) is 14.8 Å². The number of carbonyl (C=O) groups excluding carboxylic acids is 1. The van der Waals surface area contributed by atoms with Gasteiger partial charge in [0.2, 0.25) is 11.7 Å². The zero-order valence-electron chi connectivity index (χ0n) is 25.7. The van der Waals surface area contributed by atoms with Gasteiger partial charge in [0.25, 0.3) is 5.88 Å². The molecule has 6 aliphatic rings. The molecule has 8 rings (SSSR count). The topological polar surface area (TPSA) is 85.2 Å². The van der Waals surface area contributed by atoms with E-state index < -0.39 is 0 Å². The summed E-state index contributed by atoms with van der Waals surface area (Å²) in [6, 6.07) is 9.35. The predicted octanol–water partition coefficient (Wildman–Crippen LogP) is 4.04. The smallest absolute Gasteiger partial charge is 0.259 e. The third-order valence-electron chi connectivity index (χ3n) is 11.3. The number of hydrogen-bond acceptors (Lipinski definition) is 8. The van der Waals surface area contributed by atoms with Crippen LogP contribution in [0.4, 0.5) is 11.4 Å². The van der Waals surface area contributed by atoms with E-state index in [-0.39, 0.29) is 24.4 Å². The standard InChI is InChI=1S/C35H42N6O3/c1-3-31(42)40-18-26-21-43-34-33(41(26)17-24(40)11-13-36)28-12-15-39(30-8-4-6-23-16-22-9-10-27(22)32(23)30)19-29(28)37-35(34)44-20-25-7-5-14-38(25)2/h3-4,6,8,22,24-27H,1,5,7,9-12,14-21H2,2H3/t22?,24-,25-,26?,27?/m0/s1. The number of nitriles is 1. The van der Waals surface area contributed by atoms with E-state index in [1.54, 1.807) is 10.5 Å². The molecule has 0 N–H and O–H groups in total. The molecule has 4 aliphatic heterocycles. The molecule has 44 heavy (non-hydrogen) atoms. The first-order valence-electron chi connectivity index (χ1n) is 16.5. The fraction of sp³-hybridized carbons (Fsp3) is 0.571. The Labute approximate surface area is 260 Å². The Bertz CT molecular complexity index is 1540. The van der Waals surface area contributed by atoms with Gasteiger partial charge >= 0.3 is 0 Å². The molecular weight excluding hydrogens is 552 g/mol. The summed E-state index contributed by atoms with van der Waals surface area (Å²) in [6.07, 6.45) is 8.68. The number of likely N-dealkylation sites (N-methyl/N-ethyl adjacent to an activating group) is 1. The minimum atomic E-state index is -0.213. The molecule has 1 amide bonds. The van der Waals surface area contributed by atoms with Gasteiger partial charge < -0.3 is 29.1 Å². The quantitative estimate of drug-likeness (QED) is 0.464. The van der Waals surface area contributed by atoms with Gasteiger partial charge in [0, 0.05) is 36.9 Å². The molecule has 0 radical (unpaired) electrons. The summed E-state index contributed by atoms with van der Waals surface area (Å²) in [5.41, 5.74) is 7.84. The molecule has 9 heteroatoms. The van der Waals surface area contributed by atoms with Crippen molar-refractivity contribution in [2.45, 2.75) is 75.5 Å². The number of nitrogens with zero attached hydrogens (tertiary/aromatic N) is 6. The molecule has 1 aromatic carbocycles. The third-order valence-corrected chi connectivity index (χ3v) is 11.3. The van der Waals surface area contributed by atoms with Crippen LogP contribution in [0.15, 0.2) is 30.9 Å². The molecule has 3 unspecified atom stereocenters. The number of benzene rings is 1. The summed E-state index contributed by atoms with van der Waals surface area (Å²) in [5, 5.41) is 9.66. The van der Waals surface area contributed by atoms with Crippen LogP contribution in [0, 0.1) is 17.2 Å². The fourth-order valence-electron chi connectivity index (χ4n) is 8.79. The fourth-order valence-corrected chi connectivity index (χ4v) is 8.79. The molecule has 2 saturated heterocycles. The first-order chi connectivity index (χ1) is 21.5. The van der Waals surface area contributed by atoms with Crippen molar-refractivity contribution in [3.63, 3.8) is 0 Å². The predicted molar refractivity (Wildman–Crippen MR) is 168 cm³/mol. The van der Waals surface area contributed by atoms with E-state index in [0.717, 1.165) is 55.5 Å². The van der Waals surface area contributed by atoms with Gasteiger partial charge in [-0.15, -0.1) is 0 Å². The van der Waals surface area contributed by atoms with E-state index >= 15 is 0 Å². The van der Waals surface area contributed by atoms with E-state index in [9.17, 15) is 10.1 Å². The second kappa shape index (κ2) is 11.0. The van der Waals surface area contributed by atoms with Gasteiger partial charge in [-0.3, -0.25) is 4.79 Å². The van der Waals surface area contributed by atoms with Crippen molar-refractivity contribution in [3.8, 4) is 17.7 Å². The van der Waals surface area contributed by atoms with Gasteiger partial charge in [-0.05, 0) is 87.2 Å². The highest BCUT2D eigenvalue weighted by atomic mass is 16.5. The van der Waals surface area contributed by atoms with Crippen molar-refractivity contribution in [2.24, 2.45) is 5.92 Å². The zero-order chi connectivity index (χ0) is 29.9. The number of aromatic nitrogens is 1. The second-order valence-electron chi connectivity index (χ2n) is 13.6. The Morgan fingerprint density at radius 3 is 2.91 bits per heavy atom. The maximum Gasteiger partial charge on any atom is 0.259 e. The highest BCUT2D eigenvalue weighted by Gasteiger charge is 2.44. The molecule has 1 saturated carbocycles. The molecular formula is C35H42N6O3. The monoisotopic (exact) mass is 594 g/mol. The minimum Gasteiger partial charge on any atom is -0.484 e. The number of amides is 1. The van der Waals surface area contributed by atoms with Crippen molar-refractivity contribution in [3.05, 3.63) is 53.2 Å². The average molecular weight is 595 g/mol. The van der Waals surface area contributed by atoms with Crippen LogP contribution in [0.25, 0.3) is 0 Å². The first-order valence-corrected chi connectivity index (χ1v) is 16.5. The maximum atomic E-state index is 12.8. The first kappa shape index (κ1) is 27.8. The molecule has 5 heterocycles. The summed E-state index contributed by atoms with van der Waals surface area (Å²) < 4.78 is 13.1. The molecule has 2 aromatic rings. The van der Waals surface area contributed by atoms with Crippen LogP contribution < -0.4 is 19.3 Å². The van der Waals surface area contributed by atoms with Crippen LogP contribution >= 0.6 is 0 Å². The number of fused-ring (bicyclic) bond motifs is 8. The molecule has 3 fully saturated rings. The molecule has 0 spiro atoms. The lowest BCUT2D eigenvalue weighted by atomic mass is 9.74. The summed E-state index contributed by atoms with van der Waals surface area (Å²) in [4.78, 5) is 27.1. The van der Waals surface area contributed by atoms with Gasteiger partial charge in [0.1, 0.15) is 13.2 Å². The highest BCUT2D eigenvalue weighted by molar-refractivity contribution is 5.88.